The van der Waals surface area contributed by atoms with Gasteiger partial charge in [0.05, 0.1) is 16.6 Å². The van der Waals surface area contributed by atoms with E-state index in [1.165, 1.54) is 77.2 Å². The molecule has 12 rings (SSSR count). The Labute approximate surface area is 345 Å². The lowest BCUT2D eigenvalue weighted by Gasteiger charge is -2.30. The van der Waals surface area contributed by atoms with Crippen LogP contribution in [0.2, 0.25) is 0 Å². The van der Waals surface area contributed by atoms with Gasteiger partial charge in [0.2, 0.25) is 0 Å². The highest BCUT2D eigenvalue weighted by Gasteiger charge is 2.38. The molecule has 2 aliphatic rings. The average Bonchev–Trinajstić information content (AvgIpc) is 3.98. The van der Waals surface area contributed by atoms with Crippen LogP contribution in [0.1, 0.15) is 49.9 Å². The lowest BCUT2D eigenvalue weighted by Crippen LogP contribution is -2.18. The van der Waals surface area contributed by atoms with Gasteiger partial charge in [-0.05, 0) is 123 Å². The van der Waals surface area contributed by atoms with Gasteiger partial charge in [0.15, 0.2) is 0 Å². The SMILES string of the molecule is CC1(C)c2ccccc2-c2ccc(N(c3ccc4c(c3)C(C)(C)c3ccccc3-4)c3ccc4c(c3)c3ccc5c(ccn5-c5ccccc5)c3n4-c3ccccc3)cc21. The van der Waals surface area contributed by atoms with Crippen LogP contribution >= 0.6 is 0 Å². The fourth-order valence-electron chi connectivity index (χ4n) is 10.6. The minimum atomic E-state index is -0.121. The molecule has 2 heterocycles. The molecule has 0 aliphatic heterocycles. The lowest BCUT2D eigenvalue weighted by molar-refractivity contribution is 0.660. The van der Waals surface area contributed by atoms with E-state index in [0.717, 1.165) is 28.4 Å². The number of aromatic nitrogens is 2. The number of nitrogens with zero attached hydrogens (tertiary/aromatic N) is 3. The zero-order valence-corrected chi connectivity index (χ0v) is 33.7. The van der Waals surface area contributed by atoms with Crippen LogP contribution in [0.15, 0.2) is 188 Å². The van der Waals surface area contributed by atoms with E-state index in [9.17, 15) is 0 Å². The molecule has 0 atom stereocenters. The Morgan fingerprint density at radius 2 is 0.864 bits per heavy atom. The normalized spacial score (nSPS) is 14.4. The Morgan fingerprint density at radius 1 is 0.373 bits per heavy atom. The van der Waals surface area contributed by atoms with E-state index >= 15 is 0 Å². The van der Waals surface area contributed by atoms with Crippen LogP contribution in [0.25, 0.3) is 66.3 Å². The molecule has 0 saturated carbocycles. The van der Waals surface area contributed by atoms with Gasteiger partial charge in [-0.2, -0.15) is 0 Å². The molecule has 0 amide bonds. The van der Waals surface area contributed by atoms with Gasteiger partial charge in [-0.3, -0.25) is 0 Å². The highest BCUT2D eigenvalue weighted by Crippen LogP contribution is 2.53. The van der Waals surface area contributed by atoms with Crippen LogP contribution in [-0.4, -0.2) is 9.13 Å². The van der Waals surface area contributed by atoms with E-state index < -0.39 is 0 Å². The maximum Gasteiger partial charge on any atom is 0.0635 e. The van der Waals surface area contributed by atoms with Crippen molar-refractivity contribution in [1.29, 1.82) is 0 Å². The van der Waals surface area contributed by atoms with Crippen LogP contribution in [0, 0.1) is 0 Å². The number of anilines is 3. The van der Waals surface area contributed by atoms with Gasteiger partial charge in [-0.15, -0.1) is 0 Å². The van der Waals surface area contributed by atoms with E-state index in [1.54, 1.807) is 0 Å². The maximum absolute atomic E-state index is 2.49. The van der Waals surface area contributed by atoms with Crippen molar-refractivity contribution in [1.82, 2.24) is 9.13 Å². The van der Waals surface area contributed by atoms with Crippen LogP contribution in [0.5, 0.6) is 0 Å². The molecular formula is C56H43N3. The zero-order chi connectivity index (χ0) is 39.6. The third-order valence-corrected chi connectivity index (χ3v) is 13.5. The minimum absolute atomic E-state index is 0.121. The molecule has 2 aromatic heterocycles. The third kappa shape index (κ3) is 4.76. The summed E-state index contributed by atoms with van der Waals surface area (Å²) in [6.07, 6.45) is 2.21. The lowest BCUT2D eigenvalue weighted by atomic mass is 9.82. The van der Waals surface area contributed by atoms with Crippen molar-refractivity contribution in [3.8, 4) is 33.6 Å². The summed E-state index contributed by atoms with van der Waals surface area (Å²) in [6, 6.07) is 67.6. The predicted octanol–water partition coefficient (Wildman–Crippen LogP) is 14.8. The van der Waals surface area contributed by atoms with Gasteiger partial charge in [0.25, 0.3) is 0 Å². The summed E-state index contributed by atoms with van der Waals surface area (Å²) >= 11 is 0. The molecule has 0 radical (unpaired) electrons. The Morgan fingerprint density at radius 3 is 1.47 bits per heavy atom. The van der Waals surface area contributed by atoms with E-state index in [4.69, 9.17) is 0 Å². The Hall–Kier alpha value is -7.10. The van der Waals surface area contributed by atoms with Crippen LogP contribution in [0.4, 0.5) is 17.1 Å². The number of benzene rings is 8. The predicted molar refractivity (Wildman–Crippen MR) is 247 cm³/mol. The molecule has 0 N–H and O–H groups in total. The molecule has 10 aromatic rings. The van der Waals surface area contributed by atoms with E-state index in [1.807, 2.05) is 0 Å². The molecule has 0 saturated heterocycles. The third-order valence-electron chi connectivity index (χ3n) is 13.5. The number of para-hydroxylation sites is 2. The standard InChI is InChI=1S/C56H43N3/c1-55(2)48-21-13-11-19-41(48)43-26-23-39(34-50(43)55)58(40-24-27-44-42-20-12-14-22-49(42)56(3,4)51(44)35-40)38-25-29-53-47(33-38)45-28-30-52-46(31-32-57(52)36-15-7-5-8-16-36)54(45)59(53)37-17-9-6-10-18-37/h5-35H,1-4H3. The summed E-state index contributed by atoms with van der Waals surface area (Å²) in [4.78, 5) is 2.49. The highest BCUT2D eigenvalue weighted by atomic mass is 15.1. The Balaban J connectivity index is 1.11. The molecule has 3 nitrogen and oxygen atoms in total. The maximum atomic E-state index is 2.49. The van der Waals surface area contributed by atoms with Gasteiger partial charge < -0.3 is 14.0 Å². The van der Waals surface area contributed by atoms with Crippen molar-refractivity contribution < 1.29 is 0 Å². The number of hydrogen-bond acceptors (Lipinski definition) is 1. The first-order valence-electron chi connectivity index (χ1n) is 20.8. The molecule has 0 fully saturated rings. The summed E-state index contributed by atoms with van der Waals surface area (Å²) in [5.41, 5.74) is 19.9. The van der Waals surface area contributed by atoms with Crippen LogP contribution in [-0.2, 0) is 10.8 Å². The molecule has 3 heteroatoms. The van der Waals surface area contributed by atoms with Gasteiger partial charge in [-0.1, -0.05) is 131 Å². The summed E-state index contributed by atoms with van der Waals surface area (Å²) in [5, 5.41) is 3.69. The zero-order valence-electron chi connectivity index (χ0n) is 33.7. The summed E-state index contributed by atoms with van der Waals surface area (Å²) in [6.45, 7) is 9.49. The largest absolute Gasteiger partial charge is 0.316 e. The van der Waals surface area contributed by atoms with E-state index in [0.29, 0.717) is 0 Å². The van der Waals surface area contributed by atoms with Gasteiger partial charge in [-0.25, -0.2) is 0 Å². The second-order valence-corrected chi connectivity index (χ2v) is 17.4. The second kappa shape index (κ2) is 12.2. The van der Waals surface area contributed by atoms with Gasteiger partial charge in [0.1, 0.15) is 0 Å². The molecule has 59 heavy (non-hydrogen) atoms. The van der Waals surface area contributed by atoms with Crippen molar-refractivity contribution in [3.63, 3.8) is 0 Å². The number of fused-ring (bicyclic) bond motifs is 11. The Kier molecular flexibility index (Phi) is 7.03. The molecule has 0 bridgehead atoms. The highest BCUT2D eigenvalue weighted by molar-refractivity contribution is 6.19. The molecule has 2 aliphatic carbocycles. The molecule has 282 valence electrons. The van der Waals surface area contributed by atoms with Crippen molar-refractivity contribution >= 4 is 49.8 Å². The first kappa shape index (κ1) is 34.0. The molecule has 0 unspecified atom stereocenters. The van der Waals surface area contributed by atoms with E-state index in [2.05, 4.69) is 230 Å². The average molecular weight is 758 g/mol. The van der Waals surface area contributed by atoms with Crippen molar-refractivity contribution in [2.45, 2.75) is 38.5 Å². The fourth-order valence-corrected chi connectivity index (χ4v) is 10.6. The first-order chi connectivity index (χ1) is 28.8. The van der Waals surface area contributed by atoms with Gasteiger partial charge >= 0.3 is 0 Å². The first-order valence-corrected chi connectivity index (χ1v) is 20.8. The summed E-state index contributed by atoms with van der Waals surface area (Å²) < 4.78 is 4.76. The van der Waals surface area contributed by atoms with Crippen molar-refractivity contribution in [2.24, 2.45) is 0 Å². The number of rotatable bonds is 5. The monoisotopic (exact) mass is 757 g/mol. The second-order valence-electron chi connectivity index (χ2n) is 17.4. The fraction of sp³-hybridized carbons (Fsp3) is 0.107. The Bertz CT molecular complexity index is 3220. The summed E-state index contributed by atoms with van der Waals surface area (Å²) in [5.74, 6) is 0. The topological polar surface area (TPSA) is 13.1 Å². The van der Waals surface area contributed by atoms with E-state index in [-0.39, 0.29) is 10.8 Å². The van der Waals surface area contributed by atoms with Crippen molar-refractivity contribution in [2.75, 3.05) is 4.90 Å². The van der Waals surface area contributed by atoms with Crippen LogP contribution in [0.3, 0.4) is 0 Å². The van der Waals surface area contributed by atoms with Crippen molar-refractivity contribution in [3.05, 3.63) is 210 Å². The number of hydrogen-bond donors (Lipinski definition) is 0. The molecular weight excluding hydrogens is 715 g/mol. The minimum Gasteiger partial charge on any atom is -0.316 e. The smallest absolute Gasteiger partial charge is 0.0635 e. The van der Waals surface area contributed by atoms with Crippen LogP contribution < -0.4 is 4.90 Å². The molecule has 8 aromatic carbocycles. The summed E-state index contributed by atoms with van der Waals surface area (Å²) in [7, 11) is 0. The quantitative estimate of drug-likeness (QED) is 0.170. The van der Waals surface area contributed by atoms with Gasteiger partial charge in [0, 0.05) is 61.6 Å². The molecule has 0 spiro atoms.